The lowest BCUT2D eigenvalue weighted by Gasteiger charge is -2.12. The van der Waals surface area contributed by atoms with Crippen molar-refractivity contribution in [1.29, 1.82) is 0 Å². The molecule has 0 atom stereocenters. The van der Waals surface area contributed by atoms with Crippen molar-refractivity contribution < 1.29 is 14.7 Å². The first-order valence-corrected chi connectivity index (χ1v) is 9.86. The van der Waals surface area contributed by atoms with Gasteiger partial charge in [0.25, 0.3) is 5.91 Å². The summed E-state index contributed by atoms with van der Waals surface area (Å²) in [5.74, 6) is -1.24. The van der Waals surface area contributed by atoms with Gasteiger partial charge in [-0.2, -0.15) is 0 Å². The van der Waals surface area contributed by atoms with E-state index < -0.39 is 5.97 Å². The van der Waals surface area contributed by atoms with E-state index in [9.17, 15) is 9.59 Å². The molecule has 2 aromatic rings. The van der Waals surface area contributed by atoms with Gasteiger partial charge in [-0.3, -0.25) is 14.5 Å². The normalized spacial score (nSPS) is 15.6. The summed E-state index contributed by atoms with van der Waals surface area (Å²) in [6, 6.07) is 13.0. The van der Waals surface area contributed by atoms with E-state index in [2.05, 4.69) is 0 Å². The Morgan fingerprint density at radius 3 is 2.59 bits per heavy atom. The number of hydrogen-bond acceptors (Lipinski definition) is 4. The van der Waals surface area contributed by atoms with Crippen LogP contribution in [0.25, 0.3) is 17.2 Å². The number of benzene rings is 2. The smallest absolute Gasteiger partial charge is 0.305 e. The summed E-state index contributed by atoms with van der Waals surface area (Å²) in [5.41, 5.74) is 2.68. The molecule has 0 radical (unpaired) electrons. The summed E-state index contributed by atoms with van der Waals surface area (Å²) in [6.45, 7) is 0.0701. The van der Waals surface area contributed by atoms with Crippen LogP contribution in [0.3, 0.4) is 0 Å². The third kappa shape index (κ3) is 4.71. The average molecular weight is 438 g/mol. The second-order valence-electron chi connectivity index (χ2n) is 5.73. The number of carbonyl (C=O) groups is 2. The number of nitrogens with zero attached hydrogens (tertiary/aromatic N) is 1. The van der Waals surface area contributed by atoms with Crippen LogP contribution < -0.4 is 0 Å². The van der Waals surface area contributed by atoms with Crippen LogP contribution in [0.2, 0.25) is 10.0 Å². The highest BCUT2D eigenvalue weighted by Crippen LogP contribution is 2.34. The zero-order valence-corrected chi connectivity index (χ0v) is 17.0. The zero-order chi connectivity index (χ0) is 19.6. The van der Waals surface area contributed by atoms with Crippen LogP contribution >= 0.6 is 47.2 Å². The number of thioether (sulfide) groups is 1. The van der Waals surface area contributed by atoms with Crippen LogP contribution in [0.4, 0.5) is 0 Å². The van der Waals surface area contributed by atoms with Gasteiger partial charge in [0.05, 0.1) is 21.4 Å². The monoisotopic (exact) mass is 437 g/mol. The Hall–Kier alpha value is -1.86. The van der Waals surface area contributed by atoms with Crippen LogP contribution in [0.15, 0.2) is 47.4 Å². The SMILES string of the molecule is O=C(O)CCN1C(=O)C(=Cc2cccc(-c3ccc(Cl)c(Cl)c3)c2)SC1=S. The van der Waals surface area contributed by atoms with Crippen LogP contribution in [-0.2, 0) is 9.59 Å². The van der Waals surface area contributed by atoms with E-state index in [1.54, 1.807) is 18.2 Å². The largest absolute Gasteiger partial charge is 0.481 e. The molecular formula is C19H13Cl2NO3S2. The Labute approximate surface area is 175 Å². The minimum atomic E-state index is -0.970. The number of halogens is 2. The third-order valence-corrected chi connectivity index (χ3v) is 5.98. The second kappa shape index (κ2) is 8.44. The fraction of sp³-hybridized carbons (Fsp3) is 0.105. The van der Waals surface area contributed by atoms with Crippen molar-refractivity contribution in [2.24, 2.45) is 0 Å². The number of rotatable bonds is 5. The fourth-order valence-electron chi connectivity index (χ4n) is 2.54. The molecule has 0 aliphatic carbocycles. The molecule has 0 saturated carbocycles. The van der Waals surface area contributed by atoms with Crippen molar-refractivity contribution in [3.8, 4) is 11.1 Å². The maximum Gasteiger partial charge on any atom is 0.305 e. The van der Waals surface area contributed by atoms with Gasteiger partial charge in [0, 0.05) is 6.54 Å². The van der Waals surface area contributed by atoms with Crippen molar-refractivity contribution in [1.82, 2.24) is 4.90 Å². The van der Waals surface area contributed by atoms with E-state index in [0.29, 0.717) is 19.3 Å². The summed E-state index contributed by atoms with van der Waals surface area (Å²) in [6.07, 6.45) is 1.60. The second-order valence-corrected chi connectivity index (χ2v) is 8.22. The first-order chi connectivity index (χ1) is 12.8. The van der Waals surface area contributed by atoms with Crippen LogP contribution in [0.5, 0.6) is 0 Å². The molecule has 4 nitrogen and oxygen atoms in total. The van der Waals surface area contributed by atoms with Crippen molar-refractivity contribution in [3.05, 3.63) is 63.0 Å². The Morgan fingerprint density at radius 2 is 1.89 bits per heavy atom. The van der Waals surface area contributed by atoms with Gasteiger partial charge < -0.3 is 5.11 Å². The van der Waals surface area contributed by atoms with Gasteiger partial charge >= 0.3 is 5.97 Å². The van der Waals surface area contributed by atoms with E-state index in [-0.39, 0.29) is 18.9 Å². The summed E-state index contributed by atoms with van der Waals surface area (Å²) >= 11 is 18.4. The molecule has 3 rings (SSSR count). The van der Waals surface area contributed by atoms with E-state index in [1.165, 1.54) is 16.7 Å². The van der Waals surface area contributed by atoms with Gasteiger partial charge in [0.15, 0.2) is 0 Å². The first kappa shape index (κ1) is 19.9. The molecular weight excluding hydrogens is 425 g/mol. The highest BCUT2D eigenvalue weighted by atomic mass is 35.5. The number of carbonyl (C=O) groups excluding carboxylic acids is 1. The average Bonchev–Trinajstić information content (AvgIpc) is 2.89. The Balaban J connectivity index is 1.85. The first-order valence-electron chi connectivity index (χ1n) is 7.88. The zero-order valence-electron chi connectivity index (χ0n) is 13.8. The van der Waals surface area contributed by atoms with Gasteiger partial charge in [-0.25, -0.2) is 0 Å². The molecule has 0 unspecified atom stereocenters. The number of hydrogen-bond donors (Lipinski definition) is 1. The van der Waals surface area contributed by atoms with Gasteiger partial charge in [-0.1, -0.05) is 71.4 Å². The van der Waals surface area contributed by atoms with Crippen molar-refractivity contribution >= 4 is 69.5 Å². The molecule has 0 aromatic heterocycles. The molecule has 1 aliphatic rings. The van der Waals surface area contributed by atoms with E-state index >= 15 is 0 Å². The molecule has 27 heavy (non-hydrogen) atoms. The standard InChI is InChI=1S/C19H13Cl2NO3S2/c20-14-5-4-13(10-15(14)21)12-3-1-2-11(8-12)9-16-18(25)22(19(26)27-16)7-6-17(23)24/h1-5,8-10H,6-7H2,(H,23,24). The van der Waals surface area contributed by atoms with Gasteiger partial charge in [-0.05, 0) is 41.0 Å². The van der Waals surface area contributed by atoms with Crippen LogP contribution in [-0.4, -0.2) is 32.7 Å². The molecule has 8 heteroatoms. The fourth-order valence-corrected chi connectivity index (χ4v) is 4.14. The Kier molecular flexibility index (Phi) is 6.22. The third-order valence-electron chi connectivity index (χ3n) is 3.86. The van der Waals surface area contributed by atoms with Crippen molar-refractivity contribution in [3.63, 3.8) is 0 Å². The number of amides is 1. The molecule has 138 valence electrons. The molecule has 2 aromatic carbocycles. The predicted molar refractivity (Wildman–Crippen MR) is 114 cm³/mol. The predicted octanol–water partition coefficient (Wildman–Crippen LogP) is 5.34. The maximum absolute atomic E-state index is 12.5. The van der Waals surface area contributed by atoms with Crippen LogP contribution in [0.1, 0.15) is 12.0 Å². The van der Waals surface area contributed by atoms with E-state index in [1.807, 2.05) is 30.3 Å². The lowest BCUT2D eigenvalue weighted by Crippen LogP contribution is -2.30. The topological polar surface area (TPSA) is 57.6 Å². The molecule has 0 bridgehead atoms. The van der Waals surface area contributed by atoms with E-state index in [4.69, 9.17) is 40.5 Å². The number of carboxylic acid groups (broad SMARTS) is 1. The van der Waals surface area contributed by atoms with Crippen LogP contribution in [0, 0.1) is 0 Å². The Bertz CT molecular complexity index is 975. The van der Waals surface area contributed by atoms with Crippen molar-refractivity contribution in [2.45, 2.75) is 6.42 Å². The van der Waals surface area contributed by atoms with Gasteiger partial charge in [-0.15, -0.1) is 0 Å². The number of aliphatic carboxylic acids is 1. The molecule has 1 fully saturated rings. The quantitative estimate of drug-likeness (QED) is 0.505. The molecule has 1 N–H and O–H groups in total. The minimum Gasteiger partial charge on any atom is -0.481 e. The molecule has 1 aliphatic heterocycles. The number of carboxylic acids is 1. The lowest BCUT2D eigenvalue weighted by atomic mass is 10.0. The highest BCUT2D eigenvalue weighted by molar-refractivity contribution is 8.26. The lowest BCUT2D eigenvalue weighted by molar-refractivity contribution is -0.137. The molecule has 1 amide bonds. The highest BCUT2D eigenvalue weighted by Gasteiger charge is 2.32. The van der Waals surface area contributed by atoms with Gasteiger partial charge in [0.1, 0.15) is 4.32 Å². The summed E-state index contributed by atoms with van der Waals surface area (Å²) in [5, 5.41) is 9.76. The Morgan fingerprint density at radius 1 is 1.15 bits per heavy atom. The molecule has 0 spiro atoms. The minimum absolute atomic E-state index is 0.0701. The molecule has 1 heterocycles. The summed E-state index contributed by atoms with van der Waals surface area (Å²) in [4.78, 5) is 25.0. The maximum atomic E-state index is 12.5. The summed E-state index contributed by atoms with van der Waals surface area (Å²) in [7, 11) is 0. The molecule has 1 saturated heterocycles. The number of thiocarbonyl (C=S) groups is 1. The van der Waals surface area contributed by atoms with E-state index in [0.717, 1.165) is 16.7 Å². The van der Waals surface area contributed by atoms with Gasteiger partial charge in [0.2, 0.25) is 0 Å². The summed E-state index contributed by atoms with van der Waals surface area (Å²) < 4.78 is 0.369. The van der Waals surface area contributed by atoms with Crippen molar-refractivity contribution in [2.75, 3.05) is 6.54 Å².